The summed E-state index contributed by atoms with van der Waals surface area (Å²) in [7, 11) is 0. The molecule has 8 nitrogen and oxygen atoms in total. The van der Waals surface area contributed by atoms with Crippen molar-refractivity contribution in [2.75, 3.05) is 19.5 Å². The third-order valence-corrected chi connectivity index (χ3v) is 6.12. The Morgan fingerprint density at radius 3 is 2.71 bits per heavy atom. The summed E-state index contributed by atoms with van der Waals surface area (Å²) in [6, 6.07) is 4.69. The van der Waals surface area contributed by atoms with Gasteiger partial charge in [0.2, 0.25) is 5.82 Å². The fraction of sp³-hybridized carbons (Fsp3) is 0.571. The number of piperidine rings is 1. The number of carbonyl (C=O) groups is 1. The molecule has 2 aromatic rings. The molecule has 2 fully saturated rings. The van der Waals surface area contributed by atoms with Crippen LogP contribution in [0.15, 0.2) is 27.6 Å². The first-order chi connectivity index (χ1) is 14.9. The summed E-state index contributed by atoms with van der Waals surface area (Å²) in [5.41, 5.74) is 0.550. The van der Waals surface area contributed by atoms with Crippen LogP contribution >= 0.6 is 11.8 Å². The van der Waals surface area contributed by atoms with Crippen molar-refractivity contribution in [1.82, 2.24) is 15.0 Å². The first-order valence-electron chi connectivity index (χ1n) is 10.3. The van der Waals surface area contributed by atoms with Crippen molar-refractivity contribution in [3.05, 3.63) is 29.9 Å². The molecule has 2 unspecified atom stereocenters. The fourth-order valence-corrected chi connectivity index (χ4v) is 4.45. The van der Waals surface area contributed by atoms with Crippen LogP contribution in [0.4, 0.5) is 9.18 Å². The van der Waals surface area contributed by atoms with Gasteiger partial charge in [-0.15, -0.1) is 11.8 Å². The van der Waals surface area contributed by atoms with Gasteiger partial charge in [0.05, 0.1) is 37.5 Å². The van der Waals surface area contributed by atoms with Crippen LogP contribution in [0.1, 0.15) is 32.6 Å². The predicted octanol–water partition coefficient (Wildman–Crippen LogP) is 3.89. The summed E-state index contributed by atoms with van der Waals surface area (Å²) in [6.45, 7) is 4.76. The number of rotatable bonds is 6. The van der Waals surface area contributed by atoms with Gasteiger partial charge >= 0.3 is 6.09 Å². The van der Waals surface area contributed by atoms with Gasteiger partial charge in [-0.05, 0) is 51.1 Å². The second-order valence-electron chi connectivity index (χ2n) is 7.95. The second kappa shape index (κ2) is 9.54. The van der Waals surface area contributed by atoms with E-state index in [1.165, 1.54) is 17.8 Å². The van der Waals surface area contributed by atoms with Crippen LogP contribution in [0, 0.1) is 5.82 Å². The molecule has 168 valence electrons. The van der Waals surface area contributed by atoms with Crippen molar-refractivity contribution >= 4 is 17.9 Å². The third-order valence-electron chi connectivity index (χ3n) is 5.35. The molecular formula is C21H26FN3O5S. The van der Waals surface area contributed by atoms with E-state index in [9.17, 15) is 9.18 Å². The van der Waals surface area contributed by atoms with Gasteiger partial charge in [-0.2, -0.15) is 4.98 Å². The van der Waals surface area contributed by atoms with Gasteiger partial charge in [-0.1, -0.05) is 5.16 Å². The summed E-state index contributed by atoms with van der Waals surface area (Å²) in [5, 5.41) is 3.94. The molecule has 0 aliphatic carbocycles. The van der Waals surface area contributed by atoms with Crippen LogP contribution in [0.25, 0.3) is 11.4 Å². The number of aromatic nitrogens is 2. The number of ether oxygens (including phenoxy) is 3. The van der Waals surface area contributed by atoms with Gasteiger partial charge in [-0.3, -0.25) is 4.90 Å². The number of carbonyl (C=O) groups excluding carboxylic acids is 1. The summed E-state index contributed by atoms with van der Waals surface area (Å²) < 4.78 is 36.3. The number of hydrogen-bond acceptors (Lipinski definition) is 8. The SMILES string of the molecule is CSc1ccc(-c2noc(COC3CC4COCC(C3)N4C(=O)OC(C)C)n2)cc1F. The molecule has 0 spiro atoms. The lowest BCUT2D eigenvalue weighted by molar-refractivity contribution is -0.116. The van der Waals surface area contributed by atoms with Crippen molar-refractivity contribution < 1.29 is 27.9 Å². The van der Waals surface area contributed by atoms with Crippen molar-refractivity contribution in [2.45, 2.75) is 62.5 Å². The standard InChI is InChI=1S/C21H26FN3O5S/c1-12(2)29-21(26)25-14-7-16(8-15(25)10-27-9-14)28-11-19-23-20(24-30-19)13-4-5-18(31-3)17(22)6-13/h4-6,12,14-16H,7-11H2,1-3H3. The molecule has 1 aromatic heterocycles. The molecule has 0 saturated carbocycles. The molecule has 10 heteroatoms. The van der Waals surface area contributed by atoms with Crippen molar-refractivity contribution in [1.29, 1.82) is 0 Å². The van der Waals surface area contributed by atoms with Crippen LogP contribution in [-0.2, 0) is 20.8 Å². The van der Waals surface area contributed by atoms with Crippen LogP contribution in [-0.4, -0.2) is 64.9 Å². The first kappa shape index (κ1) is 22.0. The van der Waals surface area contributed by atoms with E-state index < -0.39 is 0 Å². The van der Waals surface area contributed by atoms with Gasteiger partial charge in [0.25, 0.3) is 5.89 Å². The molecule has 2 aliphatic rings. The third kappa shape index (κ3) is 5.02. The van der Waals surface area contributed by atoms with Gasteiger partial charge in [0.1, 0.15) is 12.4 Å². The Labute approximate surface area is 184 Å². The normalized spacial score (nSPS) is 23.3. The second-order valence-corrected chi connectivity index (χ2v) is 8.80. The monoisotopic (exact) mass is 451 g/mol. The minimum Gasteiger partial charge on any atom is -0.447 e. The first-order valence-corrected chi connectivity index (χ1v) is 11.5. The quantitative estimate of drug-likeness (QED) is 0.612. The van der Waals surface area contributed by atoms with Gasteiger partial charge in [0, 0.05) is 10.5 Å². The molecule has 2 bridgehead atoms. The molecule has 2 atom stereocenters. The van der Waals surface area contributed by atoms with Crippen LogP contribution < -0.4 is 0 Å². The number of nitrogens with zero attached hydrogens (tertiary/aromatic N) is 3. The maximum Gasteiger partial charge on any atom is 0.410 e. The van der Waals surface area contributed by atoms with E-state index in [2.05, 4.69) is 10.1 Å². The average molecular weight is 452 g/mol. The van der Waals surface area contributed by atoms with E-state index in [4.69, 9.17) is 18.7 Å². The van der Waals surface area contributed by atoms with E-state index in [0.29, 0.717) is 48.2 Å². The Hall–Kier alpha value is -2.17. The number of fused-ring (bicyclic) bond motifs is 2. The maximum absolute atomic E-state index is 14.0. The van der Waals surface area contributed by atoms with E-state index in [0.717, 1.165) is 0 Å². The van der Waals surface area contributed by atoms with Crippen molar-refractivity contribution in [3.8, 4) is 11.4 Å². The number of hydrogen-bond donors (Lipinski definition) is 0. The highest BCUT2D eigenvalue weighted by atomic mass is 32.2. The zero-order valence-corrected chi connectivity index (χ0v) is 18.6. The zero-order chi connectivity index (χ0) is 22.0. The molecule has 0 N–H and O–H groups in total. The Morgan fingerprint density at radius 1 is 1.32 bits per heavy atom. The highest BCUT2D eigenvalue weighted by Gasteiger charge is 2.43. The van der Waals surface area contributed by atoms with E-state index in [1.54, 1.807) is 17.0 Å². The molecule has 3 heterocycles. The van der Waals surface area contributed by atoms with Crippen LogP contribution in [0.3, 0.4) is 0 Å². The maximum atomic E-state index is 14.0. The van der Waals surface area contributed by atoms with Gasteiger partial charge in [-0.25, -0.2) is 9.18 Å². The molecule has 0 radical (unpaired) electrons. The number of benzene rings is 1. The molecule has 4 rings (SSSR count). The number of morpholine rings is 1. The van der Waals surface area contributed by atoms with Crippen molar-refractivity contribution in [3.63, 3.8) is 0 Å². The van der Waals surface area contributed by atoms with Crippen LogP contribution in [0.2, 0.25) is 0 Å². The van der Waals surface area contributed by atoms with Crippen molar-refractivity contribution in [2.24, 2.45) is 0 Å². The minimum atomic E-state index is -0.316. The Balaban J connectivity index is 1.35. The zero-order valence-electron chi connectivity index (χ0n) is 17.7. The van der Waals surface area contributed by atoms with E-state index in [-0.39, 0.29) is 42.8 Å². The predicted molar refractivity (Wildman–Crippen MR) is 111 cm³/mol. The minimum absolute atomic E-state index is 0.0596. The lowest BCUT2D eigenvalue weighted by Crippen LogP contribution is -2.60. The molecule has 1 aromatic carbocycles. The molecule has 2 saturated heterocycles. The van der Waals surface area contributed by atoms with Gasteiger partial charge < -0.3 is 18.7 Å². The molecular weight excluding hydrogens is 425 g/mol. The highest BCUT2D eigenvalue weighted by Crippen LogP contribution is 2.31. The Bertz CT molecular complexity index is 910. The topological polar surface area (TPSA) is 86.9 Å². The molecule has 31 heavy (non-hydrogen) atoms. The number of thioether (sulfide) groups is 1. The lowest BCUT2D eigenvalue weighted by atomic mass is 9.92. The largest absolute Gasteiger partial charge is 0.447 e. The van der Waals surface area contributed by atoms with Gasteiger partial charge in [0.15, 0.2) is 0 Å². The smallest absolute Gasteiger partial charge is 0.410 e. The average Bonchev–Trinajstić information content (AvgIpc) is 3.20. The van der Waals surface area contributed by atoms with Crippen LogP contribution in [0.5, 0.6) is 0 Å². The molecule has 1 amide bonds. The van der Waals surface area contributed by atoms with E-state index >= 15 is 0 Å². The number of amides is 1. The Kier molecular flexibility index (Phi) is 6.78. The lowest BCUT2D eigenvalue weighted by Gasteiger charge is -2.47. The summed E-state index contributed by atoms with van der Waals surface area (Å²) >= 11 is 1.34. The molecule has 2 aliphatic heterocycles. The number of halogens is 1. The summed E-state index contributed by atoms with van der Waals surface area (Å²) in [4.78, 5) is 19.1. The van der Waals surface area contributed by atoms with E-state index in [1.807, 2.05) is 20.1 Å². The summed E-state index contributed by atoms with van der Waals surface area (Å²) in [5.74, 6) is 0.332. The summed E-state index contributed by atoms with van der Waals surface area (Å²) in [6.07, 6.45) is 2.58. The highest BCUT2D eigenvalue weighted by molar-refractivity contribution is 7.98. The Morgan fingerprint density at radius 2 is 2.06 bits per heavy atom. The fourth-order valence-electron chi connectivity index (χ4n) is 3.99.